The van der Waals surface area contributed by atoms with Crippen LogP contribution >= 0.6 is 0 Å². The highest BCUT2D eigenvalue weighted by atomic mass is 16.9. The van der Waals surface area contributed by atoms with E-state index in [1.807, 2.05) is 0 Å². The van der Waals surface area contributed by atoms with E-state index in [1.54, 1.807) is 13.8 Å². The number of hydrogen-bond acceptors (Lipinski definition) is 6. The molecule has 0 aromatic heterocycles. The molecule has 0 N–H and O–H groups in total. The van der Waals surface area contributed by atoms with E-state index < -0.39 is 17.8 Å². The second-order valence-electron chi connectivity index (χ2n) is 3.26. The van der Waals surface area contributed by atoms with E-state index in [9.17, 15) is 14.4 Å². The van der Waals surface area contributed by atoms with E-state index in [4.69, 9.17) is 14.3 Å². The Hall–Kier alpha value is -1.31. The molecule has 0 aromatic rings. The van der Waals surface area contributed by atoms with Crippen LogP contribution in [0.15, 0.2) is 0 Å². The lowest BCUT2D eigenvalue weighted by Crippen LogP contribution is -2.48. The van der Waals surface area contributed by atoms with Crippen LogP contribution in [0, 0.1) is 0 Å². The van der Waals surface area contributed by atoms with E-state index in [0.717, 1.165) is 0 Å². The molecule has 0 bridgehead atoms. The molecule has 1 aliphatic rings. The van der Waals surface area contributed by atoms with E-state index >= 15 is 0 Å². The van der Waals surface area contributed by atoms with E-state index in [2.05, 4.69) is 0 Å². The number of hydrogen-bond donors (Lipinski definition) is 0. The van der Waals surface area contributed by atoms with Crippen molar-refractivity contribution in [2.45, 2.75) is 32.7 Å². The molecule has 0 saturated carbocycles. The van der Waals surface area contributed by atoms with Gasteiger partial charge >= 0.3 is 5.97 Å². The van der Waals surface area contributed by atoms with Crippen molar-refractivity contribution in [1.82, 2.24) is 5.06 Å². The summed E-state index contributed by atoms with van der Waals surface area (Å²) in [7, 11) is 0. The lowest BCUT2D eigenvalue weighted by atomic mass is 10.4. The van der Waals surface area contributed by atoms with E-state index in [1.165, 1.54) is 0 Å². The SMILES string of the molecule is CCOC(C=O)(OCC)ON1C(=O)CCC1=O. The lowest BCUT2D eigenvalue weighted by Gasteiger charge is -2.29. The van der Waals surface area contributed by atoms with Crippen LogP contribution in [0.2, 0.25) is 0 Å². The van der Waals surface area contributed by atoms with Crippen LogP contribution in [0.1, 0.15) is 26.7 Å². The predicted molar refractivity (Wildman–Crippen MR) is 54.2 cm³/mol. The van der Waals surface area contributed by atoms with Crippen molar-refractivity contribution in [2.24, 2.45) is 0 Å². The minimum atomic E-state index is -2.03. The number of amides is 2. The fourth-order valence-corrected chi connectivity index (χ4v) is 1.37. The van der Waals surface area contributed by atoms with Crippen LogP contribution in [0.25, 0.3) is 0 Å². The second-order valence-corrected chi connectivity index (χ2v) is 3.26. The van der Waals surface area contributed by atoms with Crippen molar-refractivity contribution in [3.05, 3.63) is 0 Å². The summed E-state index contributed by atoms with van der Waals surface area (Å²) in [4.78, 5) is 38.6. The van der Waals surface area contributed by atoms with Gasteiger partial charge in [-0.1, -0.05) is 0 Å². The third kappa shape index (κ3) is 3.09. The maximum absolute atomic E-state index is 11.3. The molecule has 7 heteroatoms. The molecule has 1 aliphatic heterocycles. The van der Waals surface area contributed by atoms with E-state index in [0.29, 0.717) is 5.06 Å². The molecule has 0 aromatic carbocycles. The molecule has 0 atom stereocenters. The van der Waals surface area contributed by atoms with Gasteiger partial charge in [-0.3, -0.25) is 14.4 Å². The fraction of sp³-hybridized carbons (Fsp3) is 0.700. The Kier molecular flexibility index (Phi) is 4.73. The van der Waals surface area contributed by atoms with Gasteiger partial charge in [0, 0.05) is 12.8 Å². The molecule has 0 radical (unpaired) electrons. The number of hydroxylamine groups is 2. The fourth-order valence-electron chi connectivity index (χ4n) is 1.37. The summed E-state index contributed by atoms with van der Waals surface area (Å²) in [5.41, 5.74) is 0. The Morgan fingerprint density at radius 3 is 2.00 bits per heavy atom. The maximum Gasteiger partial charge on any atom is 0.365 e. The van der Waals surface area contributed by atoms with Crippen molar-refractivity contribution in [1.29, 1.82) is 0 Å². The van der Waals surface area contributed by atoms with Crippen molar-refractivity contribution in [3.63, 3.8) is 0 Å². The number of aldehydes is 1. The average Bonchev–Trinajstić information content (AvgIpc) is 2.61. The number of carbonyl (C=O) groups is 3. The van der Waals surface area contributed by atoms with Crippen LogP contribution in [0.3, 0.4) is 0 Å². The first kappa shape index (κ1) is 13.8. The summed E-state index contributed by atoms with van der Waals surface area (Å²) in [6, 6.07) is 0. The first-order chi connectivity index (χ1) is 8.08. The Morgan fingerprint density at radius 2 is 1.65 bits per heavy atom. The zero-order valence-electron chi connectivity index (χ0n) is 9.80. The molecule has 2 amide bonds. The standard InChI is InChI=1S/C10H15NO6/c1-3-15-10(7-12,16-4-2)17-11-8(13)5-6-9(11)14/h7H,3-6H2,1-2H3. The van der Waals surface area contributed by atoms with Crippen LogP contribution in [-0.2, 0) is 28.7 Å². The molecule has 1 rings (SSSR count). The summed E-state index contributed by atoms with van der Waals surface area (Å²) >= 11 is 0. The van der Waals surface area contributed by atoms with Gasteiger partial charge in [0.2, 0.25) is 6.29 Å². The van der Waals surface area contributed by atoms with E-state index in [-0.39, 0.29) is 32.3 Å². The number of ether oxygens (including phenoxy) is 2. The van der Waals surface area contributed by atoms with Gasteiger partial charge in [-0.05, 0) is 13.8 Å². The van der Waals surface area contributed by atoms with Gasteiger partial charge in [-0.2, -0.15) is 4.84 Å². The topological polar surface area (TPSA) is 82.1 Å². The maximum atomic E-state index is 11.3. The van der Waals surface area contributed by atoms with Crippen molar-refractivity contribution >= 4 is 18.1 Å². The Morgan fingerprint density at radius 1 is 1.18 bits per heavy atom. The van der Waals surface area contributed by atoms with Gasteiger partial charge in [0.1, 0.15) is 0 Å². The van der Waals surface area contributed by atoms with Crippen molar-refractivity contribution in [2.75, 3.05) is 13.2 Å². The molecule has 0 aliphatic carbocycles. The molecule has 17 heavy (non-hydrogen) atoms. The first-order valence-corrected chi connectivity index (χ1v) is 5.37. The van der Waals surface area contributed by atoms with Crippen LogP contribution < -0.4 is 0 Å². The Bertz CT molecular complexity index is 294. The number of imide groups is 1. The Balaban J connectivity index is 2.80. The molecule has 7 nitrogen and oxygen atoms in total. The third-order valence-corrected chi connectivity index (χ3v) is 2.06. The largest absolute Gasteiger partial charge is 0.365 e. The van der Waals surface area contributed by atoms with Crippen molar-refractivity contribution in [3.8, 4) is 0 Å². The predicted octanol–water partition coefficient (Wildman–Crippen LogP) is -0.00730. The average molecular weight is 245 g/mol. The number of carbonyl (C=O) groups excluding carboxylic acids is 3. The lowest BCUT2D eigenvalue weighted by molar-refractivity contribution is -0.396. The molecular weight excluding hydrogens is 230 g/mol. The van der Waals surface area contributed by atoms with Crippen LogP contribution in [0.5, 0.6) is 0 Å². The number of nitrogens with zero attached hydrogens (tertiary/aromatic N) is 1. The third-order valence-electron chi connectivity index (χ3n) is 2.06. The summed E-state index contributed by atoms with van der Waals surface area (Å²) in [6.45, 7) is 3.53. The quantitative estimate of drug-likeness (QED) is 0.356. The summed E-state index contributed by atoms with van der Waals surface area (Å²) in [6.07, 6.45) is 0.400. The molecule has 1 fully saturated rings. The zero-order chi connectivity index (χ0) is 12.9. The summed E-state index contributed by atoms with van der Waals surface area (Å²) < 4.78 is 10.0. The molecule has 0 unspecified atom stereocenters. The molecule has 96 valence electrons. The monoisotopic (exact) mass is 245 g/mol. The van der Waals surface area contributed by atoms with Gasteiger partial charge in [-0.15, -0.1) is 5.06 Å². The zero-order valence-corrected chi connectivity index (χ0v) is 9.80. The first-order valence-electron chi connectivity index (χ1n) is 5.37. The van der Waals surface area contributed by atoms with Crippen LogP contribution in [-0.4, -0.2) is 42.4 Å². The highest BCUT2D eigenvalue weighted by Crippen LogP contribution is 2.20. The highest BCUT2D eigenvalue weighted by Gasteiger charge is 2.42. The molecule has 1 heterocycles. The normalized spacial score (nSPS) is 16.7. The van der Waals surface area contributed by atoms with Gasteiger partial charge in [-0.25, -0.2) is 0 Å². The van der Waals surface area contributed by atoms with Gasteiger partial charge < -0.3 is 9.47 Å². The van der Waals surface area contributed by atoms with Gasteiger partial charge in [0.25, 0.3) is 11.8 Å². The molecule has 0 spiro atoms. The van der Waals surface area contributed by atoms with Gasteiger partial charge in [0.05, 0.1) is 13.2 Å². The minimum Gasteiger partial charge on any atom is -0.320 e. The smallest absolute Gasteiger partial charge is 0.320 e. The van der Waals surface area contributed by atoms with Crippen LogP contribution in [0.4, 0.5) is 0 Å². The Labute approximate surface area is 98.6 Å². The van der Waals surface area contributed by atoms with Crippen molar-refractivity contribution < 1.29 is 28.7 Å². The highest BCUT2D eigenvalue weighted by molar-refractivity contribution is 6.00. The molecule has 1 saturated heterocycles. The summed E-state index contributed by atoms with van der Waals surface area (Å²) in [5.74, 6) is -3.06. The number of rotatable bonds is 7. The summed E-state index contributed by atoms with van der Waals surface area (Å²) in [5, 5.41) is 0.527. The van der Waals surface area contributed by atoms with Gasteiger partial charge in [0.15, 0.2) is 0 Å². The molecular formula is C10H15NO6. The minimum absolute atomic E-state index is 0.0615. The second kappa shape index (κ2) is 5.85.